The molecule has 0 bridgehead atoms. The van der Waals surface area contributed by atoms with Crippen LogP contribution in [0.2, 0.25) is 0 Å². The third-order valence-corrected chi connectivity index (χ3v) is 2.10. The van der Waals surface area contributed by atoms with Gasteiger partial charge in [-0.25, -0.2) is 0 Å². The summed E-state index contributed by atoms with van der Waals surface area (Å²) >= 11 is 0. The van der Waals surface area contributed by atoms with E-state index in [1.54, 1.807) is 0 Å². The summed E-state index contributed by atoms with van der Waals surface area (Å²) in [5, 5.41) is 4.34. The van der Waals surface area contributed by atoms with E-state index in [9.17, 15) is 0 Å². The monoisotopic (exact) mass is 152 g/mol. The summed E-state index contributed by atoms with van der Waals surface area (Å²) < 4.78 is 7.13. The molecule has 3 nitrogen and oxygen atoms in total. The lowest BCUT2D eigenvalue weighted by Crippen LogP contribution is -2.49. The molecule has 11 heavy (non-hydrogen) atoms. The van der Waals surface area contributed by atoms with Crippen LogP contribution in [0.5, 0.6) is 0 Å². The second-order valence-corrected chi connectivity index (χ2v) is 3.39. The average molecular weight is 152 g/mol. The van der Waals surface area contributed by atoms with Crippen molar-refractivity contribution < 1.29 is 4.74 Å². The lowest BCUT2D eigenvalue weighted by Gasteiger charge is -2.38. The number of ether oxygens (including phenoxy) is 1. The average Bonchev–Trinajstić information content (AvgIpc) is 2.31. The first-order valence-electron chi connectivity index (χ1n) is 3.81. The van der Waals surface area contributed by atoms with Crippen LogP contribution in [0.15, 0.2) is 12.3 Å². The molecule has 1 fully saturated rings. The van der Waals surface area contributed by atoms with Crippen molar-refractivity contribution in [1.29, 1.82) is 0 Å². The summed E-state index contributed by atoms with van der Waals surface area (Å²) in [6, 6.07) is 2.02. The predicted molar refractivity (Wildman–Crippen MR) is 41.4 cm³/mol. The highest BCUT2D eigenvalue weighted by Crippen LogP contribution is 2.24. The van der Waals surface area contributed by atoms with Crippen molar-refractivity contribution >= 4 is 0 Å². The summed E-state index contributed by atoms with van der Waals surface area (Å²) in [6.07, 6.45) is 2.01. The molecule has 1 saturated heterocycles. The smallest absolute Gasteiger partial charge is 0.106 e. The van der Waals surface area contributed by atoms with Gasteiger partial charge in [-0.1, -0.05) is 0 Å². The van der Waals surface area contributed by atoms with Crippen LogP contribution >= 0.6 is 0 Å². The Morgan fingerprint density at radius 2 is 2.36 bits per heavy atom. The zero-order valence-corrected chi connectivity index (χ0v) is 6.87. The van der Waals surface area contributed by atoms with Crippen molar-refractivity contribution in [3.8, 4) is 0 Å². The Hall–Kier alpha value is -0.830. The summed E-state index contributed by atoms with van der Waals surface area (Å²) in [6.45, 7) is 5.73. The molecule has 0 atom stereocenters. The number of nitrogens with zero attached hydrogens (tertiary/aromatic N) is 2. The lowest BCUT2D eigenvalue weighted by atomic mass is 10.0. The Labute approximate surface area is 66.0 Å². The van der Waals surface area contributed by atoms with E-state index in [2.05, 4.69) is 12.0 Å². The minimum absolute atomic E-state index is 0.119. The quantitative estimate of drug-likeness (QED) is 0.598. The van der Waals surface area contributed by atoms with Gasteiger partial charge in [0, 0.05) is 6.20 Å². The van der Waals surface area contributed by atoms with Gasteiger partial charge in [-0.05, 0) is 19.9 Å². The third kappa shape index (κ3) is 0.959. The first-order valence-corrected chi connectivity index (χ1v) is 3.81. The maximum absolute atomic E-state index is 5.14. The van der Waals surface area contributed by atoms with E-state index in [4.69, 9.17) is 4.74 Å². The third-order valence-electron chi connectivity index (χ3n) is 2.10. The van der Waals surface area contributed by atoms with Crippen LogP contribution in [-0.2, 0) is 10.3 Å². The molecule has 3 heteroatoms. The van der Waals surface area contributed by atoms with Gasteiger partial charge < -0.3 is 4.74 Å². The molecular formula is C8H12N2O. The molecule has 0 aliphatic carbocycles. The predicted octanol–water partition coefficient (Wildman–Crippen LogP) is 0.937. The zero-order chi connectivity index (χ0) is 7.90. The van der Waals surface area contributed by atoms with E-state index in [0.717, 1.165) is 18.9 Å². The molecule has 1 aromatic heterocycles. The van der Waals surface area contributed by atoms with Gasteiger partial charge in [0.1, 0.15) is 5.54 Å². The number of aromatic nitrogens is 2. The van der Waals surface area contributed by atoms with Crippen molar-refractivity contribution in [3.05, 3.63) is 18.0 Å². The number of hydrogen-bond acceptors (Lipinski definition) is 2. The van der Waals surface area contributed by atoms with Crippen LogP contribution in [0.4, 0.5) is 0 Å². The van der Waals surface area contributed by atoms with Crippen LogP contribution < -0.4 is 0 Å². The van der Waals surface area contributed by atoms with Gasteiger partial charge in [-0.3, -0.25) is 4.68 Å². The zero-order valence-electron chi connectivity index (χ0n) is 6.87. The molecule has 0 amide bonds. The molecule has 0 unspecified atom stereocenters. The first kappa shape index (κ1) is 6.85. The molecule has 1 aliphatic rings. The Morgan fingerprint density at radius 3 is 2.73 bits per heavy atom. The van der Waals surface area contributed by atoms with Crippen molar-refractivity contribution in [2.45, 2.75) is 19.4 Å². The van der Waals surface area contributed by atoms with E-state index in [1.807, 2.05) is 23.9 Å². The molecule has 0 spiro atoms. The fraction of sp³-hybridized carbons (Fsp3) is 0.625. The van der Waals surface area contributed by atoms with Crippen LogP contribution in [0, 0.1) is 6.92 Å². The number of rotatable bonds is 1. The highest BCUT2D eigenvalue weighted by molar-refractivity contribution is 5.00. The molecule has 0 N–H and O–H groups in total. The van der Waals surface area contributed by atoms with E-state index >= 15 is 0 Å². The van der Waals surface area contributed by atoms with E-state index in [-0.39, 0.29) is 5.54 Å². The SMILES string of the molecule is Cc1ccn(C2(C)COC2)n1. The first-order chi connectivity index (χ1) is 5.21. The Bertz CT molecular complexity index is 263. The fourth-order valence-corrected chi connectivity index (χ4v) is 1.25. The van der Waals surface area contributed by atoms with Crippen LogP contribution in [0.3, 0.4) is 0 Å². The molecule has 60 valence electrons. The summed E-state index contributed by atoms with van der Waals surface area (Å²) in [5.74, 6) is 0. The molecule has 0 aromatic carbocycles. The number of hydrogen-bond donors (Lipinski definition) is 0. The number of aryl methyl sites for hydroxylation is 1. The fourth-order valence-electron chi connectivity index (χ4n) is 1.25. The van der Waals surface area contributed by atoms with Crippen LogP contribution in [0.1, 0.15) is 12.6 Å². The molecule has 0 saturated carbocycles. The van der Waals surface area contributed by atoms with Gasteiger partial charge in [-0.15, -0.1) is 0 Å². The van der Waals surface area contributed by atoms with Gasteiger partial charge in [-0.2, -0.15) is 5.10 Å². The van der Waals surface area contributed by atoms with Gasteiger partial charge in [0.2, 0.25) is 0 Å². The Balaban J connectivity index is 2.28. The standard InChI is InChI=1S/C8H12N2O/c1-7-3-4-10(9-7)8(2)5-11-6-8/h3-4H,5-6H2,1-2H3. The highest BCUT2D eigenvalue weighted by Gasteiger charge is 2.35. The lowest BCUT2D eigenvalue weighted by molar-refractivity contribution is -0.0959. The van der Waals surface area contributed by atoms with E-state index in [0.29, 0.717) is 0 Å². The van der Waals surface area contributed by atoms with Crippen molar-refractivity contribution in [1.82, 2.24) is 9.78 Å². The minimum atomic E-state index is 0.119. The molecule has 1 aliphatic heterocycles. The van der Waals surface area contributed by atoms with Gasteiger partial charge >= 0.3 is 0 Å². The molecular weight excluding hydrogens is 140 g/mol. The molecule has 1 aromatic rings. The molecule has 2 rings (SSSR count). The van der Waals surface area contributed by atoms with Crippen molar-refractivity contribution in [3.63, 3.8) is 0 Å². The van der Waals surface area contributed by atoms with Crippen molar-refractivity contribution in [2.75, 3.05) is 13.2 Å². The second-order valence-electron chi connectivity index (χ2n) is 3.39. The van der Waals surface area contributed by atoms with E-state index < -0.39 is 0 Å². The molecule has 0 radical (unpaired) electrons. The topological polar surface area (TPSA) is 27.1 Å². The summed E-state index contributed by atoms with van der Waals surface area (Å²) in [7, 11) is 0. The van der Waals surface area contributed by atoms with Crippen LogP contribution in [-0.4, -0.2) is 23.0 Å². The highest BCUT2D eigenvalue weighted by atomic mass is 16.5. The maximum atomic E-state index is 5.14. The normalized spacial score (nSPS) is 21.3. The maximum Gasteiger partial charge on any atom is 0.106 e. The Morgan fingerprint density at radius 1 is 1.64 bits per heavy atom. The Kier molecular flexibility index (Phi) is 1.29. The van der Waals surface area contributed by atoms with Gasteiger partial charge in [0.05, 0.1) is 18.9 Å². The van der Waals surface area contributed by atoms with Crippen LogP contribution in [0.25, 0.3) is 0 Å². The van der Waals surface area contributed by atoms with Crippen molar-refractivity contribution in [2.24, 2.45) is 0 Å². The largest absolute Gasteiger partial charge is 0.376 e. The minimum Gasteiger partial charge on any atom is -0.376 e. The van der Waals surface area contributed by atoms with E-state index in [1.165, 1.54) is 0 Å². The second kappa shape index (κ2) is 2.08. The summed E-state index contributed by atoms with van der Waals surface area (Å²) in [5.41, 5.74) is 1.19. The summed E-state index contributed by atoms with van der Waals surface area (Å²) in [4.78, 5) is 0. The van der Waals surface area contributed by atoms with Gasteiger partial charge in [0.25, 0.3) is 0 Å². The molecule has 2 heterocycles. The van der Waals surface area contributed by atoms with Gasteiger partial charge in [0.15, 0.2) is 0 Å².